The van der Waals surface area contributed by atoms with Crippen LogP contribution in [0.5, 0.6) is 17.2 Å². The Bertz CT molecular complexity index is 2030. The van der Waals surface area contributed by atoms with Crippen molar-refractivity contribution in [2.45, 2.75) is 92.3 Å². The fraction of sp³-hybridized carbons (Fsp3) is 0.420. The predicted molar refractivity (Wildman–Crippen MR) is 234 cm³/mol. The normalized spacial score (nSPS) is 26.5. The topological polar surface area (TPSA) is 99.0 Å². The molecule has 4 aromatic rings. The Kier molecular flexibility index (Phi) is 13.9. The van der Waals surface area contributed by atoms with Crippen LogP contribution >= 0.6 is 11.8 Å². The van der Waals surface area contributed by atoms with Gasteiger partial charge < -0.3 is 34.0 Å². The monoisotopic (exact) mass is 815 g/mol. The molecule has 8 nitrogen and oxygen atoms in total. The molecular weight excluding hydrogens is 759 g/mol. The molecule has 2 N–H and O–H groups in total. The van der Waals surface area contributed by atoms with E-state index in [1.54, 1.807) is 11.8 Å². The molecule has 7 atom stereocenters. The number of fused-ring (bicyclic) bond motifs is 2. The third-order valence-corrected chi connectivity index (χ3v) is 13.6. The van der Waals surface area contributed by atoms with Gasteiger partial charge in [-0.1, -0.05) is 90.8 Å². The summed E-state index contributed by atoms with van der Waals surface area (Å²) < 4.78 is 27.1. The van der Waals surface area contributed by atoms with Gasteiger partial charge in [-0.25, -0.2) is 0 Å². The van der Waals surface area contributed by atoms with Crippen molar-refractivity contribution in [3.8, 4) is 28.4 Å². The first-order chi connectivity index (χ1) is 29.1. The van der Waals surface area contributed by atoms with Crippen molar-refractivity contribution >= 4 is 17.5 Å². The van der Waals surface area contributed by atoms with Crippen molar-refractivity contribution in [3.05, 3.63) is 133 Å². The Hall–Kier alpha value is -4.38. The van der Waals surface area contributed by atoms with Gasteiger partial charge in [0.25, 0.3) is 0 Å². The first kappa shape index (κ1) is 41.4. The molecule has 2 aliphatic heterocycles. The van der Waals surface area contributed by atoms with E-state index in [-0.39, 0.29) is 48.4 Å². The van der Waals surface area contributed by atoms with Gasteiger partial charge in [0.2, 0.25) is 12.1 Å². The number of hydrogen-bond donors (Lipinski definition) is 2. The standard InChI is InChI=1S/C50H57NO7S/c1-2-30-55-50-46(59-40-18-7-4-8-19-40)34-44(51-58-47-21-11-14-31-54-47)42-32-37(17-9-12-28-52)41(20-10-13-29-53)48(49(42)50)43-33-39(26-27-45(43)57-50)56-38-24-22-36(23-25-38)35-15-5-3-6-16-35/h2-8,15-16,18-19,22-27,32-33,37,41,46-49,52-53H,1,9-14,17,20-21,28-31,34H2. The molecular formula is C50H57NO7S. The van der Waals surface area contributed by atoms with E-state index < -0.39 is 5.79 Å². The van der Waals surface area contributed by atoms with E-state index in [1.165, 1.54) is 0 Å². The summed E-state index contributed by atoms with van der Waals surface area (Å²) in [6.45, 7) is 5.36. The third-order valence-electron chi connectivity index (χ3n) is 12.3. The van der Waals surface area contributed by atoms with Crippen LogP contribution in [0.25, 0.3) is 11.1 Å². The lowest BCUT2D eigenvalue weighted by Gasteiger charge is -2.58. The minimum absolute atomic E-state index is 0.0410. The summed E-state index contributed by atoms with van der Waals surface area (Å²) in [5.74, 6) is 1.30. The molecule has 0 spiro atoms. The van der Waals surface area contributed by atoms with Gasteiger partial charge in [-0.2, -0.15) is 0 Å². The quantitative estimate of drug-likeness (QED) is 0.0582. The zero-order chi connectivity index (χ0) is 40.4. The van der Waals surface area contributed by atoms with Gasteiger partial charge in [-0.05, 0) is 110 Å². The number of allylic oxidation sites excluding steroid dienone is 1. The Morgan fingerprint density at radius 3 is 2.29 bits per heavy atom. The highest BCUT2D eigenvalue weighted by atomic mass is 32.2. The molecule has 0 radical (unpaired) electrons. The van der Waals surface area contributed by atoms with Crippen LogP contribution in [0, 0.1) is 17.8 Å². The van der Waals surface area contributed by atoms with E-state index in [4.69, 9.17) is 28.9 Å². The number of ether oxygens (including phenoxy) is 4. The highest BCUT2D eigenvalue weighted by Gasteiger charge is 2.64. The minimum atomic E-state index is -1.07. The number of aliphatic hydroxyl groups is 2. The number of unbranched alkanes of at least 4 members (excludes halogenated alkanes) is 2. The average molecular weight is 816 g/mol. The molecule has 1 saturated carbocycles. The van der Waals surface area contributed by atoms with Crippen LogP contribution in [0.3, 0.4) is 0 Å². The lowest BCUT2D eigenvalue weighted by Crippen LogP contribution is -2.64. The first-order valence-electron chi connectivity index (χ1n) is 21.5. The summed E-state index contributed by atoms with van der Waals surface area (Å²) in [4.78, 5) is 7.39. The zero-order valence-corrected chi connectivity index (χ0v) is 34.6. The molecule has 59 heavy (non-hydrogen) atoms. The second-order valence-corrected chi connectivity index (χ2v) is 17.3. The average Bonchev–Trinajstić information content (AvgIpc) is 3.28. The zero-order valence-electron chi connectivity index (χ0n) is 33.8. The predicted octanol–water partition coefficient (Wildman–Crippen LogP) is 11.1. The van der Waals surface area contributed by atoms with E-state index >= 15 is 0 Å². The van der Waals surface area contributed by atoms with Gasteiger partial charge in [-0.3, -0.25) is 0 Å². The fourth-order valence-electron chi connectivity index (χ4n) is 9.55. The smallest absolute Gasteiger partial charge is 0.231 e. The molecule has 0 aromatic heterocycles. The third kappa shape index (κ3) is 9.35. The van der Waals surface area contributed by atoms with Crippen molar-refractivity contribution in [1.82, 2.24) is 0 Å². The van der Waals surface area contributed by atoms with Crippen LogP contribution < -0.4 is 9.47 Å². The van der Waals surface area contributed by atoms with Crippen LogP contribution in [0.2, 0.25) is 0 Å². The molecule has 0 amide bonds. The van der Waals surface area contributed by atoms with Crippen LogP contribution in [0.4, 0.5) is 0 Å². The molecule has 8 rings (SSSR count). The van der Waals surface area contributed by atoms with Crippen molar-refractivity contribution in [2.24, 2.45) is 22.9 Å². The van der Waals surface area contributed by atoms with Crippen molar-refractivity contribution < 1.29 is 34.0 Å². The van der Waals surface area contributed by atoms with Gasteiger partial charge >= 0.3 is 0 Å². The maximum Gasteiger partial charge on any atom is 0.231 e. The maximum absolute atomic E-state index is 9.98. The fourth-order valence-corrected chi connectivity index (χ4v) is 10.9. The van der Waals surface area contributed by atoms with Crippen LogP contribution in [-0.4, -0.2) is 59.7 Å². The van der Waals surface area contributed by atoms with E-state index in [2.05, 4.69) is 73.3 Å². The van der Waals surface area contributed by atoms with E-state index in [1.807, 2.05) is 48.5 Å². The number of hydrogen-bond acceptors (Lipinski definition) is 9. The summed E-state index contributed by atoms with van der Waals surface area (Å²) in [6, 6.07) is 35.3. The number of oxime groups is 1. The second-order valence-electron chi connectivity index (χ2n) is 16.1. The number of rotatable bonds is 18. The maximum atomic E-state index is 9.98. The lowest BCUT2D eigenvalue weighted by atomic mass is 9.56. The van der Waals surface area contributed by atoms with E-state index in [9.17, 15) is 10.2 Å². The molecule has 2 heterocycles. The summed E-state index contributed by atoms with van der Waals surface area (Å²) in [5.41, 5.74) is 5.37. The van der Waals surface area contributed by atoms with Crippen LogP contribution in [0.15, 0.2) is 137 Å². The highest BCUT2D eigenvalue weighted by molar-refractivity contribution is 8.00. The Morgan fingerprint density at radius 1 is 0.831 bits per heavy atom. The molecule has 7 unspecified atom stereocenters. The number of nitrogens with zero attached hydrogens (tertiary/aromatic N) is 1. The molecule has 4 aromatic carbocycles. The summed E-state index contributed by atoms with van der Waals surface area (Å²) in [7, 11) is 0. The summed E-state index contributed by atoms with van der Waals surface area (Å²) >= 11 is 1.76. The Labute approximate surface area is 353 Å². The molecule has 2 fully saturated rings. The Morgan fingerprint density at radius 2 is 1.56 bits per heavy atom. The summed E-state index contributed by atoms with van der Waals surface area (Å²) in [5, 5.41) is 24.7. The van der Waals surface area contributed by atoms with Gasteiger partial charge in [0, 0.05) is 42.4 Å². The Balaban J connectivity index is 1.25. The molecule has 310 valence electrons. The van der Waals surface area contributed by atoms with Gasteiger partial charge in [0.1, 0.15) is 17.2 Å². The first-order valence-corrected chi connectivity index (χ1v) is 22.4. The molecule has 0 bridgehead atoms. The van der Waals surface area contributed by atoms with Crippen LogP contribution in [0.1, 0.15) is 75.7 Å². The molecule has 1 saturated heterocycles. The number of benzene rings is 4. The van der Waals surface area contributed by atoms with Gasteiger partial charge in [0.15, 0.2) is 0 Å². The lowest BCUT2D eigenvalue weighted by molar-refractivity contribution is -0.223. The number of thioether (sulfide) groups is 1. The van der Waals surface area contributed by atoms with Crippen molar-refractivity contribution in [3.63, 3.8) is 0 Å². The number of aliphatic hydroxyl groups excluding tert-OH is 2. The molecule has 2 aliphatic carbocycles. The molecule has 9 heteroatoms. The van der Waals surface area contributed by atoms with Gasteiger partial charge in [-0.15, -0.1) is 18.3 Å². The van der Waals surface area contributed by atoms with E-state index in [0.717, 1.165) is 108 Å². The van der Waals surface area contributed by atoms with Crippen LogP contribution in [-0.2, 0) is 14.3 Å². The molecule has 4 aliphatic rings. The van der Waals surface area contributed by atoms with Gasteiger partial charge in [0.05, 0.1) is 30.1 Å². The largest absolute Gasteiger partial charge is 0.460 e. The SMILES string of the molecule is C=CCOC12Oc3ccc(Oc4ccc(-c5ccccc5)cc4)cc3C3C(CCCCO)C(CCCCO)C=C(C(=NOC4CCCCO4)CC1Sc1ccccc1)C32. The van der Waals surface area contributed by atoms with Crippen molar-refractivity contribution in [1.29, 1.82) is 0 Å². The van der Waals surface area contributed by atoms with Crippen molar-refractivity contribution in [2.75, 3.05) is 26.4 Å². The summed E-state index contributed by atoms with van der Waals surface area (Å²) in [6.07, 6.45) is 12.4. The second kappa shape index (κ2) is 19.8. The highest BCUT2D eigenvalue weighted by Crippen LogP contribution is 2.63. The minimum Gasteiger partial charge on any atom is -0.460 e. The van der Waals surface area contributed by atoms with E-state index in [0.29, 0.717) is 19.6 Å².